The maximum Gasteiger partial charge on any atom is 0.244 e. The topological polar surface area (TPSA) is 96.0 Å². The summed E-state index contributed by atoms with van der Waals surface area (Å²) < 4.78 is 31.4. The number of hydrogen-bond acceptors (Lipinski definition) is 5. The fraction of sp³-hybridized carbons (Fsp3) is 0.417. The predicted molar refractivity (Wildman–Crippen MR) is 140 cm³/mol. The van der Waals surface area contributed by atoms with E-state index in [1.807, 2.05) is 6.92 Å². The second kappa shape index (κ2) is 13.0. The monoisotopic (exact) mass is 543 g/mol. The van der Waals surface area contributed by atoms with Gasteiger partial charge in [-0.1, -0.05) is 49.2 Å². The molecule has 1 N–H and O–H groups in total. The third kappa shape index (κ3) is 8.02. The summed E-state index contributed by atoms with van der Waals surface area (Å²) in [5.74, 6) is -0.207. The second-order valence-corrected chi connectivity index (χ2v) is 10.7. The molecular weight excluding hydrogens is 513 g/mol. The Kier molecular flexibility index (Phi) is 10.7. The van der Waals surface area contributed by atoms with Crippen molar-refractivity contribution in [1.29, 1.82) is 0 Å². The number of carbonyl (C=O) groups is 2. The number of nitrogens with one attached hydrogen (secondary N) is 1. The van der Waals surface area contributed by atoms with Crippen LogP contribution in [0.1, 0.15) is 32.3 Å². The van der Waals surface area contributed by atoms with Crippen LogP contribution in [-0.2, 0) is 26.2 Å². The van der Waals surface area contributed by atoms with E-state index in [1.54, 1.807) is 38.3 Å². The van der Waals surface area contributed by atoms with Crippen LogP contribution in [0.2, 0.25) is 10.0 Å². The number of rotatable bonds is 12. The fourth-order valence-electron chi connectivity index (χ4n) is 3.48. The van der Waals surface area contributed by atoms with Gasteiger partial charge in [0.2, 0.25) is 21.8 Å². The highest BCUT2D eigenvalue weighted by Gasteiger charge is 2.32. The minimum atomic E-state index is -3.91. The van der Waals surface area contributed by atoms with E-state index in [1.165, 1.54) is 23.1 Å². The van der Waals surface area contributed by atoms with E-state index in [9.17, 15) is 18.0 Å². The summed E-state index contributed by atoms with van der Waals surface area (Å²) in [6, 6.07) is 10.7. The predicted octanol–water partition coefficient (Wildman–Crippen LogP) is 4.10. The number of hydrogen-bond donors (Lipinski definition) is 1. The van der Waals surface area contributed by atoms with Crippen LogP contribution < -0.4 is 14.4 Å². The summed E-state index contributed by atoms with van der Waals surface area (Å²) in [4.78, 5) is 27.9. The van der Waals surface area contributed by atoms with Gasteiger partial charge in [-0.25, -0.2) is 8.42 Å². The lowest BCUT2D eigenvalue weighted by molar-refractivity contribution is -0.140. The third-order valence-corrected chi connectivity index (χ3v) is 6.98. The van der Waals surface area contributed by atoms with Gasteiger partial charge in [-0.3, -0.25) is 13.9 Å². The lowest BCUT2D eigenvalue weighted by Gasteiger charge is -2.33. The van der Waals surface area contributed by atoms with Crippen LogP contribution in [0.5, 0.6) is 5.75 Å². The number of ether oxygens (including phenoxy) is 1. The molecule has 0 saturated carbocycles. The standard InChI is InChI=1S/C24H31Cl2N3O5S/c1-5-13-27-24(31)21(6-2)28(15-17-7-10-19(34-3)11-8-17)23(30)16-29(35(4,32)33)22-14-18(25)9-12-20(22)26/h7-12,14,21H,5-6,13,15-16H2,1-4H3,(H,27,31)/t21-/m1/s1. The molecule has 35 heavy (non-hydrogen) atoms. The number of amides is 2. The Bertz CT molecular complexity index is 1130. The normalized spacial score (nSPS) is 12.1. The number of methoxy groups -OCH3 is 1. The fourth-order valence-corrected chi connectivity index (χ4v) is 4.77. The number of benzene rings is 2. The van der Waals surface area contributed by atoms with Crippen molar-refractivity contribution < 1.29 is 22.7 Å². The molecule has 0 aliphatic carbocycles. The first-order chi connectivity index (χ1) is 16.5. The van der Waals surface area contributed by atoms with Crippen molar-refractivity contribution in [1.82, 2.24) is 10.2 Å². The van der Waals surface area contributed by atoms with Crippen molar-refractivity contribution in [3.05, 3.63) is 58.1 Å². The lowest BCUT2D eigenvalue weighted by atomic mass is 10.1. The maximum absolute atomic E-state index is 13.6. The Hall–Kier alpha value is -2.49. The molecule has 2 rings (SSSR count). The number of nitrogens with zero attached hydrogens (tertiary/aromatic N) is 2. The van der Waals surface area contributed by atoms with Gasteiger partial charge in [0, 0.05) is 18.1 Å². The largest absolute Gasteiger partial charge is 0.497 e. The number of anilines is 1. The molecule has 0 fully saturated rings. The zero-order valence-corrected chi connectivity index (χ0v) is 22.6. The molecular formula is C24H31Cl2N3O5S. The van der Waals surface area contributed by atoms with E-state index in [0.29, 0.717) is 18.7 Å². The van der Waals surface area contributed by atoms with E-state index in [4.69, 9.17) is 27.9 Å². The molecule has 0 aliphatic rings. The van der Waals surface area contributed by atoms with Crippen LogP contribution in [0.25, 0.3) is 0 Å². The van der Waals surface area contributed by atoms with Crippen molar-refractivity contribution in [2.45, 2.75) is 39.3 Å². The molecule has 0 heterocycles. The number of halogens is 2. The SMILES string of the molecule is CCCNC(=O)[C@@H](CC)N(Cc1ccc(OC)cc1)C(=O)CN(c1cc(Cl)ccc1Cl)S(C)(=O)=O. The molecule has 1 atom stereocenters. The summed E-state index contributed by atoms with van der Waals surface area (Å²) >= 11 is 12.3. The van der Waals surface area contributed by atoms with Gasteiger partial charge in [0.1, 0.15) is 18.3 Å². The molecule has 11 heteroatoms. The summed E-state index contributed by atoms with van der Waals surface area (Å²) in [6.07, 6.45) is 2.06. The Morgan fingerprint density at radius 3 is 2.29 bits per heavy atom. The van der Waals surface area contributed by atoms with Gasteiger partial charge < -0.3 is 15.0 Å². The Morgan fingerprint density at radius 2 is 1.74 bits per heavy atom. The van der Waals surface area contributed by atoms with E-state index in [0.717, 1.165) is 22.5 Å². The van der Waals surface area contributed by atoms with E-state index >= 15 is 0 Å². The van der Waals surface area contributed by atoms with Crippen LogP contribution in [0.4, 0.5) is 5.69 Å². The zero-order valence-electron chi connectivity index (χ0n) is 20.3. The summed E-state index contributed by atoms with van der Waals surface area (Å²) in [6.45, 7) is 3.74. The third-order valence-electron chi connectivity index (χ3n) is 5.30. The quantitative estimate of drug-likeness (QED) is 0.434. The zero-order chi connectivity index (χ0) is 26.2. The van der Waals surface area contributed by atoms with Crippen LogP contribution in [0.15, 0.2) is 42.5 Å². The molecule has 192 valence electrons. The van der Waals surface area contributed by atoms with Gasteiger partial charge >= 0.3 is 0 Å². The van der Waals surface area contributed by atoms with Gasteiger partial charge in [0.25, 0.3) is 0 Å². The van der Waals surface area contributed by atoms with Gasteiger partial charge in [-0.15, -0.1) is 0 Å². The van der Waals surface area contributed by atoms with Crippen molar-refractivity contribution in [2.75, 3.05) is 30.8 Å². The van der Waals surface area contributed by atoms with Crippen molar-refractivity contribution in [3.63, 3.8) is 0 Å². The molecule has 0 radical (unpaired) electrons. The highest BCUT2D eigenvalue weighted by Crippen LogP contribution is 2.31. The minimum Gasteiger partial charge on any atom is -0.497 e. The van der Waals surface area contributed by atoms with E-state index in [-0.39, 0.29) is 28.2 Å². The average molecular weight is 545 g/mol. The molecule has 2 amide bonds. The van der Waals surface area contributed by atoms with Crippen molar-refractivity contribution in [3.8, 4) is 5.75 Å². The highest BCUT2D eigenvalue weighted by atomic mass is 35.5. The maximum atomic E-state index is 13.6. The van der Waals surface area contributed by atoms with Gasteiger partial charge in [-0.2, -0.15) is 0 Å². The molecule has 2 aromatic rings. The number of sulfonamides is 1. The van der Waals surface area contributed by atoms with Gasteiger partial charge in [0.05, 0.1) is 24.1 Å². The first-order valence-corrected chi connectivity index (χ1v) is 13.7. The van der Waals surface area contributed by atoms with Crippen LogP contribution >= 0.6 is 23.2 Å². The highest BCUT2D eigenvalue weighted by molar-refractivity contribution is 7.92. The number of carbonyl (C=O) groups excluding carboxylic acids is 2. The summed E-state index contributed by atoms with van der Waals surface area (Å²) in [7, 11) is -2.36. The van der Waals surface area contributed by atoms with Gasteiger partial charge in [0.15, 0.2) is 0 Å². The first-order valence-electron chi connectivity index (χ1n) is 11.1. The smallest absolute Gasteiger partial charge is 0.244 e. The van der Waals surface area contributed by atoms with E-state index < -0.39 is 28.5 Å². The van der Waals surface area contributed by atoms with Gasteiger partial charge in [-0.05, 0) is 48.7 Å². The van der Waals surface area contributed by atoms with Crippen molar-refractivity contribution >= 4 is 50.7 Å². The second-order valence-electron chi connectivity index (χ2n) is 7.95. The van der Waals surface area contributed by atoms with Crippen LogP contribution in [0, 0.1) is 0 Å². The summed E-state index contributed by atoms with van der Waals surface area (Å²) in [5.41, 5.74) is 0.843. The summed E-state index contributed by atoms with van der Waals surface area (Å²) in [5, 5.41) is 3.23. The Morgan fingerprint density at radius 1 is 1.09 bits per heavy atom. The van der Waals surface area contributed by atoms with Crippen molar-refractivity contribution in [2.24, 2.45) is 0 Å². The lowest BCUT2D eigenvalue weighted by Crippen LogP contribution is -2.52. The molecule has 2 aromatic carbocycles. The average Bonchev–Trinajstić information content (AvgIpc) is 2.82. The van der Waals surface area contributed by atoms with Crippen LogP contribution in [-0.4, -0.2) is 57.6 Å². The Balaban J connectivity index is 2.46. The molecule has 0 aliphatic heterocycles. The van der Waals surface area contributed by atoms with E-state index in [2.05, 4.69) is 5.32 Å². The minimum absolute atomic E-state index is 0.0860. The Labute approximate surface area is 217 Å². The first kappa shape index (κ1) is 28.7. The molecule has 0 spiro atoms. The molecule has 8 nitrogen and oxygen atoms in total. The molecule has 0 saturated heterocycles. The molecule has 0 unspecified atom stereocenters. The van der Waals surface area contributed by atoms with Crippen LogP contribution in [0.3, 0.4) is 0 Å². The molecule has 0 aromatic heterocycles. The molecule has 0 bridgehead atoms.